The number of carbonyl (C=O) groups is 1. The Balaban J connectivity index is 1.30. The van der Waals surface area contributed by atoms with Crippen LogP contribution in [0, 0.1) is 11.8 Å². The Kier molecular flexibility index (Phi) is 7.12. The third-order valence-electron chi connectivity index (χ3n) is 8.41. The predicted molar refractivity (Wildman–Crippen MR) is 126 cm³/mol. The van der Waals surface area contributed by atoms with Crippen LogP contribution in [0.15, 0.2) is 24.4 Å². The molecule has 3 fully saturated rings. The minimum atomic E-state index is -4.17. The fraction of sp³-hybridized carbons (Fsp3) is 0.630. The zero-order valence-corrected chi connectivity index (χ0v) is 20.1. The first kappa shape index (κ1) is 25.2. The predicted octanol–water partition coefficient (Wildman–Crippen LogP) is 6.42. The Hall–Kier alpha value is -2.42. The molecule has 2 saturated heterocycles. The third kappa shape index (κ3) is 5.17. The Morgan fingerprint density at radius 3 is 2.39 bits per heavy atom. The molecule has 5 nitrogen and oxygen atoms in total. The van der Waals surface area contributed by atoms with E-state index < -0.39 is 24.7 Å². The van der Waals surface area contributed by atoms with Crippen LogP contribution in [-0.4, -0.2) is 45.3 Å². The number of piperidine rings is 2. The van der Waals surface area contributed by atoms with Crippen LogP contribution in [0.1, 0.15) is 69.0 Å². The molecule has 1 aliphatic carbocycles. The maximum Gasteiger partial charge on any atom is 0.391 e. The summed E-state index contributed by atoms with van der Waals surface area (Å²) in [4.78, 5) is 18.5. The lowest BCUT2D eigenvalue weighted by Crippen LogP contribution is -2.52. The van der Waals surface area contributed by atoms with Gasteiger partial charge in [0.1, 0.15) is 12.4 Å². The lowest BCUT2D eigenvalue weighted by Gasteiger charge is -2.48. The number of benzene rings is 1. The highest BCUT2D eigenvalue weighted by molar-refractivity contribution is 5.87. The van der Waals surface area contributed by atoms with Crippen molar-refractivity contribution in [2.75, 3.05) is 0 Å². The monoisotopic (exact) mass is 508 g/mol. The molecule has 3 aliphatic rings. The van der Waals surface area contributed by atoms with Crippen molar-refractivity contribution >= 4 is 16.7 Å². The molecule has 2 atom stereocenters. The molecule has 1 saturated carbocycles. The number of fused-ring (bicyclic) bond motifs is 3. The van der Waals surface area contributed by atoms with Crippen LogP contribution in [0.5, 0.6) is 5.75 Å². The highest BCUT2D eigenvalue weighted by atomic mass is 19.4. The van der Waals surface area contributed by atoms with E-state index in [1.54, 1.807) is 12.3 Å². The second kappa shape index (κ2) is 10.1. The Labute approximate surface area is 207 Å². The topological polar surface area (TPSA) is 62.7 Å². The number of carboxylic acid groups (broad SMARTS) is 1. The van der Waals surface area contributed by atoms with Gasteiger partial charge in [0.05, 0.1) is 23.6 Å². The fourth-order valence-electron chi connectivity index (χ4n) is 6.45. The highest BCUT2D eigenvalue weighted by Gasteiger charge is 2.42. The Morgan fingerprint density at radius 2 is 1.78 bits per heavy atom. The number of hydrogen-bond acceptors (Lipinski definition) is 4. The molecule has 2 aliphatic heterocycles. The number of alkyl halides is 4. The summed E-state index contributed by atoms with van der Waals surface area (Å²) in [6.07, 6.45) is 2.21. The molecule has 0 amide bonds. The number of rotatable bonds is 6. The quantitative estimate of drug-likeness (QED) is 0.456. The molecule has 2 aromatic rings. The van der Waals surface area contributed by atoms with Crippen LogP contribution in [-0.2, 0) is 18.0 Å². The molecule has 0 spiro atoms. The zero-order chi connectivity index (χ0) is 25.4. The van der Waals surface area contributed by atoms with Crippen molar-refractivity contribution in [1.82, 2.24) is 9.88 Å². The molecule has 3 heterocycles. The number of pyridine rings is 1. The molecule has 2 unspecified atom stereocenters. The van der Waals surface area contributed by atoms with Crippen molar-refractivity contribution in [3.63, 3.8) is 0 Å². The van der Waals surface area contributed by atoms with Gasteiger partial charge < -0.3 is 9.84 Å². The minimum absolute atomic E-state index is 0.0311. The summed E-state index contributed by atoms with van der Waals surface area (Å²) in [6, 6.07) is 5.99. The molecular formula is C27H32F4N2O3. The summed E-state index contributed by atoms with van der Waals surface area (Å²) in [5, 5.41) is 11.0. The van der Waals surface area contributed by atoms with E-state index in [1.165, 1.54) is 0 Å². The molecule has 196 valence electrons. The second-order valence-corrected chi connectivity index (χ2v) is 10.6. The van der Waals surface area contributed by atoms with Gasteiger partial charge in [-0.1, -0.05) is 12.5 Å². The molecule has 0 radical (unpaired) electrons. The standard InChI is InChI=1S/C27H32F4N2O3/c28-13-23-24-14-32-19(15-33-20-2-1-3-21(33)12-17(11-20)26(34)35)10-16(24)4-9-25(23)36-22-7-5-18(6-8-22)27(29,30)31/h4,9-10,14,17-18,20-22H,1-3,5-8,11-13,15H2,(H,34,35). The average molecular weight is 509 g/mol. The summed E-state index contributed by atoms with van der Waals surface area (Å²) in [7, 11) is 0. The number of halogens is 4. The van der Waals surface area contributed by atoms with Gasteiger partial charge in [0, 0.05) is 35.8 Å². The number of aliphatic carboxylic acids is 1. The van der Waals surface area contributed by atoms with Crippen LogP contribution < -0.4 is 4.74 Å². The molecule has 36 heavy (non-hydrogen) atoms. The minimum Gasteiger partial charge on any atom is -0.490 e. The number of aromatic nitrogens is 1. The Morgan fingerprint density at radius 1 is 1.08 bits per heavy atom. The van der Waals surface area contributed by atoms with Crippen LogP contribution in [0.3, 0.4) is 0 Å². The van der Waals surface area contributed by atoms with Crippen molar-refractivity contribution in [1.29, 1.82) is 0 Å². The van der Waals surface area contributed by atoms with Gasteiger partial charge in [-0.2, -0.15) is 13.2 Å². The number of hydrogen-bond donors (Lipinski definition) is 1. The smallest absolute Gasteiger partial charge is 0.391 e. The van der Waals surface area contributed by atoms with Crippen molar-refractivity contribution in [3.8, 4) is 5.75 Å². The van der Waals surface area contributed by atoms with E-state index in [-0.39, 0.29) is 36.9 Å². The average Bonchev–Trinajstić information content (AvgIpc) is 2.83. The van der Waals surface area contributed by atoms with Crippen molar-refractivity contribution in [3.05, 3.63) is 35.7 Å². The number of nitrogens with zero attached hydrogens (tertiary/aromatic N) is 2. The van der Waals surface area contributed by atoms with Gasteiger partial charge in [0.2, 0.25) is 0 Å². The second-order valence-electron chi connectivity index (χ2n) is 10.6. The maximum atomic E-state index is 14.1. The fourth-order valence-corrected chi connectivity index (χ4v) is 6.45. The molecule has 5 rings (SSSR count). The van der Waals surface area contributed by atoms with E-state index in [9.17, 15) is 27.5 Å². The molecule has 1 aromatic carbocycles. The van der Waals surface area contributed by atoms with Crippen molar-refractivity contribution < 1.29 is 32.2 Å². The largest absolute Gasteiger partial charge is 0.490 e. The van der Waals surface area contributed by atoms with E-state index >= 15 is 0 Å². The first-order valence-corrected chi connectivity index (χ1v) is 12.9. The summed E-state index contributed by atoms with van der Waals surface area (Å²) >= 11 is 0. The normalized spacial score (nSPS) is 29.3. The van der Waals surface area contributed by atoms with Crippen molar-refractivity contribution in [2.45, 2.75) is 95.4 Å². The van der Waals surface area contributed by atoms with Crippen molar-refractivity contribution in [2.24, 2.45) is 11.8 Å². The van der Waals surface area contributed by atoms with Crippen LogP contribution in [0.4, 0.5) is 17.6 Å². The van der Waals surface area contributed by atoms with Crippen LogP contribution in [0.2, 0.25) is 0 Å². The first-order chi connectivity index (χ1) is 17.2. The van der Waals surface area contributed by atoms with E-state index in [0.29, 0.717) is 48.9 Å². The molecule has 2 bridgehead atoms. The van der Waals surface area contributed by atoms with E-state index in [2.05, 4.69) is 9.88 Å². The van der Waals surface area contributed by atoms with E-state index in [1.807, 2.05) is 12.1 Å². The summed E-state index contributed by atoms with van der Waals surface area (Å²) in [5.41, 5.74) is 1.24. The zero-order valence-electron chi connectivity index (χ0n) is 20.1. The van der Waals surface area contributed by atoms with E-state index in [4.69, 9.17) is 4.74 Å². The first-order valence-electron chi connectivity index (χ1n) is 12.9. The van der Waals surface area contributed by atoms with Gasteiger partial charge in [-0.05, 0) is 68.9 Å². The van der Waals surface area contributed by atoms with Gasteiger partial charge in [-0.25, -0.2) is 4.39 Å². The number of carboxylic acids is 1. The SMILES string of the molecule is O=C(O)C1CC2CCCC(C1)N2Cc1cc2ccc(OC3CCC(C(F)(F)F)CC3)c(CF)c2cn1. The highest BCUT2D eigenvalue weighted by Crippen LogP contribution is 2.40. The lowest BCUT2D eigenvalue weighted by molar-refractivity contribution is -0.185. The van der Waals surface area contributed by atoms with Crippen LogP contribution >= 0.6 is 0 Å². The Bertz CT molecular complexity index is 1090. The molecular weight excluding hydrogens is 476 g/mol. The van der Waals surface area contributed by atoms with Crippen LogP contribution in [0.25, 0.3) is 10.8 Å². The van der Waals surface area contributed by atoms with Gasteiger partial charge in [-0.15, -0.1) is 0 Å². The third-order valence-corrected chi connectivity index (χ3v) is 8.41. The van der Waals surface area contributed by atoms with Gasteiger partial charge in [0.25, 0.3) is 0 Å². The lowest BCUT2D eigenvalue weighted by atomic mass is 9.78. The molecule has 1 aromatic heterocycles. The van der Waals surface area contributed by atoms with Gasteiger partial charge >= 0.3 is 12.1 Å². The molecule has 1 N–H and O–H groups in total. The summed E-state index contributed by atoms with van der Waals surface area (Å²) < 4.78 is 59.0. The number of ether oxygens (including phenoxy) is 1. The van der Waals surface area contributed by atoms with Gasteiger partial charge in [0.15, 0.2) is 0 Å². The summed E-state index contributed by atoms with van der Waals surface area (Å²) in [6.45, 7) is -0.123. The van der Waals surface area contributed by atoms with Gasteiger partial charge in [-0.3, -0.25) is 14.7 Å². The maximum absolute atomic E-state index is 14.1. The van der Waals surface area contributed by atoms with E-state index in [0.717, 1.165) is 30.3 Å². The summed E-state index contributed by atoms with van der Waals surface area (Å²) in [5.74, 6) is -1.90. The molecule has 9 heteroatoms.